The number of benzene rings is 1. The summed E-state index contributed by atoms with van der Waals surface area (Å²) in [6.07, 6.45) is 0.975. The van der Waals surface area contributed by atoms with Crippen LogP contribution in [0.5, 0.6) is 0 Å². The summed E-state index contributed by atoms with van der Waals surface area (Å²) in [4.78, 5) is 22.9. The van der Waals surface area contributed by atoms with E-state index in [-0.39, 0.29) is 0 Å². The normalized spacial score (nSPS) is 16.5. The van der Waals surface area contributed by atoms with Crippen LogP contribution in [0.2, 0.25) is 0 Å². The van der Waals surface area contributed by atoms with Gasteiger partial charge >= 0.3 is 12.0 Å². The first-order chi connectivity index (χ1) is 8.86. The minimum Gasteiger partial charge on any atom is -0.480 e. The summed E-state index contributed by atoms with van der Waals surface area (Å²) in [5.74, 6) is -0.972. The molecule has 102 valence electrons. The Kier molecular flexibility index (Phi) is 3.22. The van der Waals surface area contributed by atoms with Crippen molar-refractivity contribution in [3.8, 4) is 0 Å². The van der Waals surface area contributed by atoms with Crippen molar-refractivity contribution in [2.24, 2.45) is 0 Å². The van der Waals surface area contributed by atoms with Crippen LogP contribution in [0.15, 0.2) is 30.3 Å². The standard InChI is InChI=1S/C14H18N2O3/c1-13(2,10-6-4-3-5-7-10)15-12(19)16-14(8-9-14)11(17)18/h3-7H,8-9H2,1-2H3,(H,17,18)(H2,15,16,19). The number of hydrogen-bond acceptors (Lipinski definition) is 2. The molecule has 0 saturated heterocycles. The molecule has 5 heteroatoms. The fourth-order valence-corrected chi connectivity index (χ4v) is 1.98. The minimum absolute atomic E-state index is 0.450. The third-order valence-corrected chi connectivity index (χ3v) is 3.43. The van der Waals surface area contributed by atoms with Gasteiger partial charge < -0.3 is 15.7 Å². The average Bonchev–Trinajstić information content (AvgIpc) is 3.10. The molecule has 0 atom stereocenters. The van der Waals surface area contributed by atoms with Crippen LogP contribution in [-0.2, 0) is 10.3 Å². The van der Waals surface area contributed by atoms with E-state index in [2.05, 4.69) is 10.6 Å². The maximum absolute atomic E-state index is 11.9. The predicted molar refractivity (Wildman–Crippen MR) is 70.7 cm³/mol. The summed E-state index contributed by atoms with van der Waals surface area (Å²) < 4.78 is 0. The lowest BCUT2D eigenvalue weighted by atomic mass is 9.94. The van der Waals surface area contributed by atoms with Gasteiger partial charge in [-0.25, -0.2) is 9.59 Å². The van der Waals surface area contributed by atoms with Crippen molar-refractivity contribution < 1.29 is 14.7 Å². The van der Waals surface area contributed by atoms with E-state index in [4.69, 9.17) is 5.11 Å². The van der Waals surface area contributed by atoms with E-state index in [1.54, 1.807) is 0 Å². The molecule has 3 N–H and O–H groups in total. The molecule has 19 heavy (non-hydrogen) atoms. The Morgan fingerprint density at radius 3 is 2.26 bits per heavy atom. The van der Waals surface area contributed by atoms with E-state index in [0.717, 1.165) is 5.56 Å². The van der Waals surface area contributed by atoms with Gasteiger partial charge in [-0.1, -0.05) is 30.3 Å². The fraction of sp³-hybridized carbons (Fsp3) is 0.429. The molecular weight excluding hydrogens is 244 g/mol. The van der Waals surface area contributed by atoms with Gasteiger partial charge in [-0.05, 0) is 32.3 Å². The summed E-state index contributed by atoms with van der Waals surface area (Å²) in [6, 6.07) is 9.10. The van der Waals surface area contributed by atoms with Gasteiger partial charge in [0.2, 0.25) is 0 Å². The molecule has 5 nitrogen and oxygen atoms in total. The quantitative estimate of drug-likeness (QED) is 0.774. The topological polar surface area (TPSA) is 78.4 Å². The molecule has 1 aromatic carbocycles. The number of carbonyl (C=O) groups is 2. The molecule has 0 spiro atoms. The summed E-state index contributed by atoms with van der Waals surface area (Å²) in [6.45, 7) is 3.75. The Morgan fingerprint density at radius 2 is 1.79 bits per heavy atom. The Morgan fingerprint density at radius 1 is 1.21 bits per heavy atom. The number of urea groups is 1. The second-order valence-corrected chi connectivity index (χ2v) is 5.46. The van der Waals surface area contributed by atoms with Crippen molar-refractivity contribution in [2.45, 2.75) is 37.8 Å². The first-order valence-electron chi connectivity index (χ1n) is 6.25. The number of aliphatic carboxylic acids is 1. The van der Waals surface area contributed by atoms with Gasteiger partial charge in [-0.3, -0.25) is 0 Å². The van der Waals surface area contributed by atoms with E-state index in [9.17, 15) is 9.59 Å². The lowest BCUT2D eigenvalue weighted by Crippen LogP contribution is -2.52. The third-order valence-electron chi connectivity index (χ3n) is 3.43. The zero-order valence-electron chi connectivity index (χ0n) is 11.1. The van der Waals surface area contributed by atoms with Crippen LogP contribution in [0.4, 0.5) is 4.79 Å². The monoisotopic (exact) mass is 262 g/mol. The van der Waals surface area contributed by atoms with Crippen LogP contribution in [0.1, 0.15) is 32.3 Å². The summed E-state index contributed by atoms with van der Waals surface area (Å²) in [5, 5.41) is 14.4. The number of amides is 2. The molecule has 0 aliphatic heterocycles. The van der Waals surface area contributed by atoms with Gasteiger partial charge in [0.05, 0.1) is 5.54 Å². The molecule has 1 saturated carbocycles. The molecule has 1 aliphatic carbocycles. The van der Waals surface area contributed by atoms with Gasteiger partial charge in [0.1, 0.15) is 5.54 Å². The average molecular weight is 262 g/mol. The Balaban J connectivity index is 2.01. The first kappa shape index (κ1) is 13.4. The number of carboxylic acid groups (broad SMARTS) is 1. The van der Waals surface area contributed by atoms with E-state index < -0.39 is 23.1 Å². The maximum Gasteiger partial charge on any atom is 0.329 e. The smallest absolute Gasteiger partial charge is 0.329 e. The zero-order chi connectivity index (χ0) is 14.1. The van der Waals surface area contributed by atoms with Crippen molar-refractivity contribution >= 4 is 12.0 Å². The van der Waals surface area contributed by atoms with Crippen molar-refractivity contribution in [1.29, 1.82) is 0 Å². The molecule has 2 amide bonds. The molecule has 1 aromatic rings. The van der Waals surface area contributed by atoms with Gasteiger partial charge in [-0.2, -0.15) is 0 Å². The predicted octanol–water partition coefficient (Wildman–Crippen LogP) is 1.84. The number of rotatable bonds is 4. The summed E-state index contributed by atoms with van der Waals surface area (Å²) >= 11 is 0. The second kappa shape index (κ2) is 4.57. The van der Waals surface area contributed by atoms with E-state index >= 15 is 0 Å². The molecule has 0 unspecified atom stereocenters. The number of carboxylic acids is 1. The van der Waals surface area contributed by atoms with Crippen LogP contribution < -0.4 is 10.6 Å². The molecule has 1 aliphatic rings. The van der Waals surface area contributed by atoms with E-state index in [0.29, 0.717) is 12.8 Å². The zero-order valence-corrected chi connectivity index (χ0v) is 11.1. The maximum atomic E-state index is 11.9. The first-order valence-corrected chi connectivity index (χ1v) is 6.25. The summed E-state index contributed by atoms with van der Waals surface area (Å²) in [5.41, 5.74) is -0.651. The lowest BCUT2D eigenvalue weighted by Gasteiger charge is -2.28. The van der Waals surface area contributed by atoms with Gasteiger partial charge in [0.15, 0.2) is 0 Å². The van der Waals surface area contributed by atoms with E-state index in [1.165, 1.54) is 0 Å². The third kappa shape index (κ3) is 2.86. The van der Waals surface area contributed by atoms with Gasteiger partial charge in [-0.15, -0.1) is 0 Å². The highest BCUT2D eigenvalue weighted by Gasteiger charge is 2.52. The van der Waals surface area contributed by atoms with Crippen LogP contribution in [0.25, 0.3) is 0 Å². The Bertz CT molecular complexity index is 493. The molecule has 0 aromatic heterocycles. The van der Waals surface area contributed by atoms with Crippen LogP contribution in [0.3, 0.4) is 0 Å². The molecule has 2 rings (SSSR count). The van der Waals surface area contributed by atoms with Crippen molar-refractivity contribution in [3.63, 3.8) is 0 Å². The summed E-state index contributed by atoms with van der Waals surface area (Å²) in [7, 11) is 0. The van der Waals surface area contributed by atoms with Gasteiger partial charge in [0.25, 0.3) is 0 Å². The van der Waals surface area contributed by atoms with Gasteiger partial charge in [0, 0.05) is 0 Å². The number of carbonyl (C=O) groups excluding carboxylic acids is 1. The molecular formula is C14H18N2O3. The SMILES string of the molecule is CC(C)(NC(=O)NC1(C(=O)O)CC1)c1ccccc1. The highest BCUT2D eigenvalue weighted by atomic mass is 16.4. The highest BCUT2D eigenvalue weighted by Crippen LogP contribution is 2.35. The fourth-order valence-electron chi connectivity index (χ4n) is 1.98. The van der Waals surface area contributed by atoms with Crippen LogP contribution >= 0.6 is 0 Å². The number of hydrogen-bond donors (Lipinski definition) is 3. The molecule has 0 radical (unpaired) electrons. The van der Waals surface area contributed by atoms with E-state index in [1.807, 2.05) is 44.2 Å². The lowest BCUT2D eigenvalue weighted by molar-refractivity contribution is -0.140. The molecule has 0 bridgehead atoms. The minimum atomic E-state index is -1.06. The highest BCUT2D eigenvalue weighted by molar-refractivity contribution is 5.89. The largest absolute Gasteiger partial charge is 0.480 e. The van der Waals surface area contributed by atoms with Crippen molar-refractivity contribution in [2.75, 3.05) is 0 Å². The second-order valence-electron chi connectivity index (χ2n) is 5.46. The molecule has 1 fully saturated rings. The van der Waals surface area contributed by atoms with Crippen LogP contribution in [-0.4, -0.2) is 22.6 Å². The van der Waals surface area contributed by atoms with Crippen molar-refractivity contribution in [3.05, 3.63) is 35.9 Å². The van der Waals surface area contributed by atoms with Crippen molar-refractivity contribution in [1.82, 2.24) is 10.6 Å². The Hall–Kier alpha value is -2.04. The number of nitrogens with one attached hydrogen (secondary N) is 2. The Labute approximate surface area is 112 Å². The molecule has 0 heterocycles. The van der Waals surface area contributed by atoms with Crippen LogP contribution in [0, 0.1) is 0 Å².